The fourth-order valence-electron chi connectivity index (χ4n) is 3.39. The monoisotopic (exact) mass is 349 g/mol. The van der Waals surface area contributed by atoms with Gasteiger partial charge in [-0.15, -0.1) is 0 Å². The second kappa shape index (κ2) is 6.48. The molecule has 2 heterocycles. The average molecular weight is 350 g/mol. The Morgan fingerprint density at radius 1 is 1.17 bits per heavy atom. The lowest BCUT2D eigenvalue weighted by atomic mass is 10.2. The molecule has 0 amide bonds. The minimum Gasteiger partial charge on any atom is -0.328 e. The summed E-state index contributed by atoms with van der Waals surface area (Å²) in [5.74, 6) is 1.65. The lowest BCUT2D eigenvalue weighted by molar-refractivity contribution is 0.333. The first-order chi connectivity index (χ1) is 11.3. The average Bonchev–Trinajstić information content (AvgIpc) is 3.05. The molecule has 3 rings (SSSR count). The second-order valence-corrected chi connectivity index (χ2v) is 9.48. The molecule has 0 fully saturated rings. The number of sulfonamides is 1. The Kier molecular flexibility index (Phi) is 4.71. The van der Waals surface area contributed by atoms with Gasteiger partial charge in [-0.25, -0.2) is 13.4 Å². The predicted octanol–water partition coefficient (Wildman–Crippen LogP) is 3.29. The molecule has 0 unspecified atom stereocenters. The minimum atomic E-state index is -3.49. The van der Waals surface area contributed by atoms with Crippen molar-refractivity contribution in [1.82, 2.24) is 13.9 Å². The zero-order chi connectivity index (χ0) is 17.5. The molecule has 0 aliphatic carbocycles. The third kappa shape index (κ3) is 3.22. The maximum atomic E-state index is 13.1. The van der Waals surface area contributed by atoms with Crippen molar-refractivity contribution in [2.24, 2.45) is 11.8 Å². The quantitative estimate of drug-likeness (QED) is 0.804. The number of benzene rings is 1. The molecule has 132 valence electrons. The SMILES string of the molecule is CC(C)CN(CC(C)C)S(=O)(=O)c1ccc2c(c1)nc1n2CCC1. The summed E-state index contributed by atoms with van der Waals surface area (Å²) in [6.07, 6.45) is 2.10. The highest BCUT2D eigenvalue weighted by atomic mass is 32.2. The van der Waals surface area contributed by atoms with Crippen molar-refractivity contribution in [2.75, 3.05) is 13.1 Å². The van der Waals surface area contributed by atoms with Crippen LogP contribution in [-0.2, 0) is 23.0 Å². The van der Waals surface area contributed by atoms with Crippen LogP contribution in [0.1, 0.15) is 39.9 Å². The number of aryl methyl sites for hydroxylation is 2. The van der Waals surface area contributed by atoms with E-state index in [2.05, 4.69) is 9.55 Å². The lowest BCUT2D eigenvalue weighted by Crippen LogP contribution is -2.37. The summed E-state index contributed by atoms with van der Waals surface area (Å²) in [5, 5.41) is 0. The molecule has 0 spiro atoms. The molecule has 1 aliphatic heterocycles. The maximum absolute atomic E-state index is 13.1. The first-order valence-corrected chi connectivity index (χ1v) is 10.2. The van der Waals surface area contributed by atoms with Gasteiger partial charge in [0.2, 0.25) is 10.0 Å². The Bertz CT molecular complexity index is 827. The van der Waals surface area contributed by atoms with Crippen LogP contribution in [0.15, 0.2) is 23.1 Å². The van der Waals surface area contributed by atoms with Crippen LogP contribution >= 0.6 is 0 Å². The van der Waals surface area contributed by atoms with Gasteiger partial charge in [-0.2, -0.15) is 4.31 Å². The zero-order valence-corrected chi connectivity index (χ0v) is 15.8. The van der Waals surface area contributed by atoms with Crippen LogP contribution in [0.5, 0.6) is 0 Å². The number of aromatic nitrogens is 2. The molecule has 0 bridgehead atoms. The molecule has 1 aliphatic rings. The number of imidazole rings is 1. The molecule has 0 saturated carbocycles. The third-order valence-corrected chi connectivity index (χ3v) is 6.18. The van der Waals surface area contributed by atoms with E-state index in [4.69, 9.17) is 0 Å². The Morgan fingerprint density at radius 2 is 1.83 bits per heavy atom. The minimum absolute atomic E-state index is 0.290. The van der Waals surface area contributed by atoms with E-state index in [0.717, 1.165) is 36.2 Å². The van der Waals surface area contributed by atoms with Gasteiger partial charge in [0.25, 0.3) is 0 Å². The van der Waals surface area contributed by atoms with Gasteiger partial charge < -0.3 is 4.57 Å². The van der Waals surface area contributed by atoms with Gasteiger partial charge in [0.1, 0.15) is 5.82 Å². The Morgan fingerprint density at radius 3 is 2.46 bits per heavy atom. The van der Waals surface area contributed by atoms with Gasteiger partial charge in [-0.1, -0.05) is 27.7 Å². The summed E-state index contributed by atoms with van der Waals surface area (Å²) in [4.78, 5) is 4.98. The van der Waals surface area contributed by atoms with Crippen molar-refractivity contribution in [3.05, 3.63) is 24.0 Å². The maximum Gasteiger partial charge on any atom is 0.243 e. The van der Waals surface area contributed by atoms with E-state index in [1.165, 1.54) is 0 Å². The number of hydrogen-bond acceptors (Lipinski definition) is 3. The smallest absolute Gasteiger partial charge is 0.243 e. The molecule has 6 heteroatoms. The number of rotatable bonds is 6. The van der Waals surface area contributed by atoms with Crippen LogP contribution in [0.2, 0.25) is 0 Å². The summed E-state index contributed by atoms with van der Waals surface area (Å²) in [6, 6.07) is 5.38. The molecule has 1 aromatic carbocycles. The Balaban J connectivity index is 1.99. The topological polar surface area (TPSA) is 55.2 Å². The largest absolute Gasteiger partial charge is 0.328 e. The molecule has 24 heavy (non-hydrogen) atoms. The van der Waals surface area contributed by atoms with Crippen molar-refractivity contribution in [3.8, 4) is 0 Å². The fourth-order valence-corrected chi connectivity index (χ4v) is 5.18. The third-order valence-electron chi connectivity index (χ3n) is 4.36. The normalized spacial score (nSPS) is 15.1. The highest BCUT2D eigenvalue weighted by molar-refractivity contribution is 7.89. The fraction of sp³-hybridized carbons (Fsp3) is 0.611. The van der Waals surface area contributed by atoms with Crippen molar-refractivity contribution in [1.29, 1.82) is 0 Å². The van der Waals surface area contributed by atoms with Gasteiger partial charge in [-0.05, 0) is 36.5 Å². The van der Waals surface area contributed by atoms with Gasteiger partial charge in [0.15, 0.2) is 0 Å². The molecule has 0 atom stereocenters. The molecule has 2 aromatic rings. The van der Waals surface area contributed by atoms with E-state index in [-0.39, 0.29) is 0 Å². The van der Waals surface area contributed by atoms with Gasteiger partial charge in [-0.3, -0.25) is 0 Å². The molecular weight excluding hydrogens is 322 g/mol. The summed E-state index contributed by atoms with van der Waals surface area (Å²) in [6.45, 7) is 10.2. The van der Waals surface area contributed by atoms with Crippen LogP contribution in [-0.4, -0.2) is 35.4 Å². The van der Waals surface area contributed by atoms with E-state index in [1.54, 1.807) is 16.4 Å². The van der Waals surface area contributed by atoms with E-state index >= 15 is 0 Å². The van der Waals surface area contributed by atoms with Crippen molar-refractivity contribution in [3.63, 3.8) is 0 Å². The highest BCUT2D eigenvalue weighted by Gasteiger charge is 2.27. The summed E-state index contributed by atoms with van der Waals surface area (Å²) in [7, 11) is -3.49. The summed E-state index contributed by atoms with van der Waals surface area (Å²) >= 11 is 0. The zero-order valence-electron chi connectivity index (χ0n) is 15.0. The number of hydrogen-bond donors (Lipinski definition) is 0. The van der Waals surface area contributed by atoms with Crippen LogP contribution in [0.4, 0.5) is 0 Å². The van der Waals surface area contributed by atoms with Gasteiger partial charge >= 0.3 is 0 Å². The molecule has 0 N–H and O–H groups in total. The van der Waals surface area contributed by atoms with Crippen LogP contribution in [0.3, 0.4) is 0 Å². The summed E-state index contributed by atoms with van der Waals surface area (Å²) < 4.78 is 30.0. The Hall–Kier alpha value is -1.40. The molecular formula is C18H27N3O2S. The lowest BCUT2D eigenvalue weighted by Gasteiger charge is -2.25. The van der Waals surface area contributed by atoms with Crippen LogP contribution in [0.25, 0.3) is 11.0 Å². The molecule has 0 radical (unpaired) electrons. The van der Waals surface area contributed by atoms with E-state index in [1.807, 2.05) is 33.8 Å². The Labute approximate surface area is 144 Å². The van der Waals surface area contributed by atoms with Crippen LogP contribution < -0.4 is 0 Å². The van der Waals surface area contributed by atoms with Crippen molar-refractivity contribution >= 4 is 21.1 Å². The number of fused-ring (bicyclic) bond motifs is 3. The standard InChI is InChI=1S/C18H27N3O2S/c1-13(2)11-20(12-14(3)4)24(22,23)15-7-8-17-16(10-15)19-18-6-5-9-21(17)18/h7-8,10,13-14H,5-6,9,11-12H2,1-4H3. The first kappa shape index (κ1) is 17.4. The number of nitrogens with zero attached hydrogens (tertiary/aromatic N) is 3. The van der Waals surface area contributed by atoms with E-state index in [0.29, 0.717) is 29.8 Å². The van der Waals surface area contributed by atoms with Crippen molar-refractivity contribution in [2.45, 2.75) is 52.0 Å². The predicted molar refractivity (Wildman–Crippen MR) is 96.5 cm³/mol. The van der Waals surface area contributed by atoms with E-state index in [9.17, 15) is 8.42 Å². The van der Waals surface area contributed by atoms with Gasteiger partial charge in [0, 0.05) is 26.1 Å². The highest BCUT2D eigenvalue weighted by Crippen LogP contribution is 2.27. The second-order valence-electron chi connectivity index (χ2n) is 7.54. The van der Waals surface area contributed by atoms with E-state index < -0.39 is 10.0 Å². The molecule has 0 saturated heterocycles. The van der Waals surface area contributed by atoms with Crippen LogP contribution in [0, 0.1) is 11.8 Å². The molecule has 5 nitrogen and oxygen atoms in total. The first-order valence-electron chi connectivity index (χ1n) is 8.78. The van der Waals surface area contributed by atoms with Crippen molar-refractivity contribution < 1.29 is 8.42 Å². The van der Waals surface area contributed by atoms with Gasteiger partial charge in [0.05, 0.1) is 15.9 Å². The molecule has 1 aromatic heterocycles. The summed E-state index contributed by atoms with van der Waals surface area (Å²) in [5.41, 5.74) is 1.83.